The van der Waals surface area contributed by atoms with Crippen LogP contribution >= 0.6 is 0 Å². The fraction of sp³-hybridized carbons (Fsp3) is 0.778. The molecule has 0 spiro atoms. The Balaban J connectivity index is -0.000000196. The van der Waals surface area contributed by atoms with Crippen molar-refractivity contribution in [3.8, 4) is 0 Å². The van der Waals surface area contributed by atoms with Gasteiger partial charge in [-0.2, -0.15) is 0 Å². The van der Waals surface area contributed by atoms with Crippen molar-refractivity contribution in [3.63, 3.8) is 0 Å². The van der Waals surface area contributed by atoms with Crippen LogP contribution in [0, 0.1) is 5.92 Å². The first-order chi connectivity index (χ1) is 8.66. The van der Waals surface area contributed by atoms with Gasteiger partial charge in [0, 0.05) is 0 Å². The largest absolute Gasteiger partial charge is 0.0877 e. The third-order valence-electron chi connectivity index (χ3n) is 2.52. The van der Waals surface area contributed by atoms with E-state index in [-0.39, 0.29) is 0 Å². The Morgan fingerprint density at radius 2 is 1.33 bits per heavy atom. The van der Waals surface area contributed by atoms with Crippen LogP contribution in [0.25, 0.3) is 0 Å². The van der Waals surface area contributed by atoms with Gasteiger partial charge in [-0.15, -0.1) is 0 Å². The van der Waals surface area contributed by atoms with E-state index < -0.39 is 0 Å². The van der Waals surface area contributed by atoms with Gasteiger partial charge in [-0.05, 0) is 26.7 Å². The van der Waals surface area contributed by atoms with Gasteiger partial charge in [0.2, 0.25) is 0 Å². The molecule has 0 heterocycles. The topological polar surface area (TPSA) is 0 Å². The zero-order valence-corrected chi connectivity index (χ0v) is 14.3. The molecule has 18 heavy (non-hydrogen) atoms. The summed E-state index contributed by atoms with van der Waals surface area (Å²) in [5.41, 5.74) is 1.35. The minimum atomic E-state index is 1.04. The van der Waals surface area contributed by atoms with Crippen molar-refractivity contribution in [1.82, 2.24) is 0 Å². The molecule has 1 aliphatic carbocycles. The van der Waals surface area contributed by atoms with Crippen LogP contribution < -0.4 is 0 Å². The fourth-order valence-corrected chi connectivity index (χ4v) is 1.60. The van der Waals surface area contributed by atoms with Gasteiger partial charge in [0.25, 0.3) is 0 Å². The van der Waals surface area contributed by atoms with Gasteiger partial charge in [0.05, 0.1) is 0 Å². The molecule has 0 aliphatic heterocycles. The molecule has 110 valence electrons. The zero-order valence-electron chi connectivity index (χ0n) is 14.3. The first-order valence-electron chi connectivity index (χ1n) is 7.93. The highest BCUT2D eigenvalue weighted by Crippen LogP contribution is 2.22. The molecule has 1 saturated carbocycles. The lowest BCUT2D eigenvalue weighted by atomic mass is 9.91. The Kier molecular flexibility index (Phi) is 27.3. The minimum absolute atomic E-state index is 1.04. The van der Waals surface area contributed by atoms with Crippen molar-refractivity contribution in [2.24, 2.45) is 5.92 Å². The molecule has 0 bridgehead atoms. The summed E-state index contributed by atoms with van der Waals surface area (Å²) in [6.07, 6.45) is 13.6. The first-order valence-corrected chi connectivity index (χ1v) is 7.93. The van der Waals surface area contributed by atoms with E-state index in [0.29, 0.717) is 0 Å². The second-order valence-electron chi connectivity index (χ2n) is 4.51. The first kappa shape index (κ1) is 22.6. The van der Waals surface area contributed by atoms with E-state index in [1.165, 1.54) is 37.7 Å². The number of rotatable bonds is 1. The number of allylic oxidation sites excluding steroid dienone is 4. The quantitative estimate of drug-likeness (QED) is 0.435. The third-order valence-corrected chi connectivity index (χ3v) is 2.52. The van der Waals surface area contributed by atoms with E-state index in [1.54, 1.807) is 0 Å². The van der Waals surface area contributed by atoms with Gasteiger partial charge in [0.15, 0.2) is 0 Å². The molecule has 0 heteroatoms. The monoisotopic (exact) mass is 254 g/mol. The predicted octanol–water partition coefficient (Wildman–Crippen LogP) is 7.17. The molecule has 0 N–H and O–H groups in total. The van der Waals surface area contributed by atoms with E-state index in [0.717, 1.165) is 5.92 Å². The molecule has 0 aromatic carbocycles. The molecule has 0 nitrogen and oxygen atoms in total. The van der Waals surface area contributed by atoms with Gasteiger partial charge in [-0.1, -0.05) is 90.5 Å². The Labute approximate surface area is 118 Å². The smallest absolute Gasteiger partial charge is 0.0439 e. The zero-order chi connectivity index (χ0) is 14.8. The number of hydrogen-bond donors (Lipinski definition) is 0. The molecule has 1 aliphatic rings. The second kappa shape index (κ2) is 21.7. The van der Waals surface area contributed by atoms with Crippen LogP contribution in [0.5, 0.6) is 0 Å². The summed E-state index contributed by atoms with van der Waals surface area (Å²) in [5, 5.41) is 0. The van der Waals surface area contributed by atoms with Crippen LogP contribution in [0.2, 0.25) is 0 Å². The van der Waals surface area contributed by atoms with Crippen molar-refractivity contribution >= 4 is 0 Å². The molecule has 0 aromatic heterocycles. The van der Waals surface area contributed by atoms with Crippen LogP contribution in [0.15, 0.2) is 23.8 Å². The summed E-state index contributed by atoms with van der Waals surface area (Å²) in [4.78, 5) is 0. The summed E-state index contributed by atoms with van der Waals surface area (Å²) >= 11 is 0. The van der Waals surface area contributed by atoms with Crippen LogP contribution in [0.4, 0.5) is 0 Å². The van der Waals surface area contributed by atoms with E-state index in [1.807, 2.05) is 46.8 Å². The maximum Gasteiger partial charge on any atom is -0.0439 e. The van der Waals surface area contributed by atoms with Crippen LogP contribution in [0.3, 0.4) is 0 Å². The van der Waals surface area contributed by atoms with Crippen molar-refractivity contribution in [2.75, 3.05) is 0 Å². The van der Waals surface area contributed by atoms with Crippen molar-refractivity contribution in [3.05, 3.63) is 23.8 Å². The van der Waals surface area contributed by atoms with Gasteiger partial charge in [0.1, 0.15) is 0 Å². The highest BCUT2D eigenvalue weighted by molar-refractivity contribution is 5.06. The molecule has 1 rings (SSSR count). The van der Waals surface area contributed by atoms with Crippen LogP contribution in [-0.4, -0.2) is 0 Å². The summed E-state index contributed by atoms with van der Waals surface area (Å²) < 4.78 is 0. The number of hydrogen-bond acceptors (Lipinski definition) is 0. The summed E-state index contributed by atoms with van der Waals surface area (Å²) in [6, 6.07) is 0. The Bertz CT molecular complexity index is 164. The third kappa shape index (κ3) is 24.6. The van der Waals surface area contributed by atoms with Gasteiger partial charge < -0.3 is 0 Å². The highest BCUT2D eigenvalue weighted by Gasteiger charge is 2.05. The van der Waals surface area contributed by atoms with E-state index in [2.05, 4.69) is 26.8 Å². The lowest BCUT2D eigenvalue weighted by Gasteiger charge is -2.15. The molecule has 0 saturated heterocycles. The molecule has 0 aromatic rings. The normalized spacial score (nSPS) is 14.2. The molecule has 0 radical (unpaired) electrons. The molecule has 0 amide bonds. The van der Waals surface area contributed by atoms with E-state index in [9.17, 15) is 0 Å². The van der Waals surface area contributed by atoms with Crippen molar-refractivity contribution < 1.29 is 0 Å². The minimum Gasteiger partial charge on any atom is -0.0877 e. The lowest BCUT2D eigenvalue weighted by molar-refractivity contribution is 0.385. The van der Waals surface area contributed by atoms with Crippen molar-refractivity contribution in [1.29, 1.82) is 0 Å². The lowest BCUT2D eigenvalue weighted by Crippen LogP contribution is -1.99. The maximum atomic E-state index is 2.36. The Morgan fingerprint density at radius 3 is 1.50 bits per heavy atom. The van der Waals surface area contributed by atoms with E-state index >= 15 is 0 Å². The summed E-state index contributed by atoms with van der Waals surface area (Å²) in [6.45, 7) is 16.5. The van der Waals surface area contributed by atoms with Crippen LogP contribution in [0.1, 0.15) is 87.5 Å². The molecule has 0 unspecified atom stereocenters. The predicted molar refractivity (Wildman–Crippen MR) is 89.2 cm³/mol. The summed E-state index contributed by atoms with van der Waals surface area (Å²) in [7, 11) is 0. The van der Waals surface area contributed by atoms with Gasteiger partial charge in [-0.3, -0.25) is 0 Å². The SMILES string of the molecule is C/C=C\C=C(C)C.CC.CC.CC1CCCCC1. The average molecular weight is 255 g/mol. The highest BCUT2D eigenvalue weighted by atomic mass is 14.1. The molecule has 1 fully saturated rings. The standard InChI is InChI=1S/C7H14.C7H12.2C2H6/c1-7-5-3-2-4-6-7;1-4-5-6-7(2)3;2*1-2/h7H,2-6H2,1H3;4-6H,1-3H3;2*1-2H3/b;5-4-;;. The maximum absolute atomic E-state index is 2.36. The molecular weight excluding hydrogens is 216 g/mol. The van der Waals surface area contributed by atoms with E-state index in [4.69, 9.17) is 0 Å². The summed E-state index contributed by atoms with van der Waals surface area (Å²) in [5.74, 6) is 1.04. The Hall–Kier alpha value is -0.520. The average Bonchev–Trinajstić information content (AvgIpc) is 2.42. The Morgan fingerprint density at radius 1 is 0.889 bits per heavy atom. The van der Waals surface area contributed by atoms with Gasteiger partial charge in [-0.25, -0.2) is 0 Å². The van der Waals surface area contributed by atoms with Crippen molar-refractivity contribution in [2.45, 2.75) is 87.5 Å². The van der Waals surface area contributed by atoms with Gasteiger partial charge >= 0.3 is 0 Å². The second-order valence-corrected chi connectivity index (χ2v) is 4.51. The fourth-order valence-electron chi connectivity index (χ4n) is 1.60. The molecule has 0 atom stereocenters. The van der Waals surface area contributed by atoms with Crippen LogP contribution in [-0.2, 0) is 0 Å². The molecular formula is C18H38.